The SMILES string of the molecule is O=C(O)c1cnc(N2CCC3(C2)OCCO3)nc1. The van der Waals surface area contributed by atoms with Gasteiger partial charge < -0.3 is 19.5 Å². The number of nitrogens with zero attached hydrogens (tertiary/aromatic N) is 3. The van der Waals surface area contributed by atoms with Crippen LogP contribution in [0.5, 0.6) is 0 Å². The molecule has 96 valence electrons. The summed E-state index contributed by atoms with van der Waals surface area (Å²) in [6, 6.07) is 0. The third-order valence-corrected chi connectivity index (χ3v) is 3.18. The van der Waals surface area contributed by atoms with Crippen molar-refractivity contribution in [2.24, 2.45) is 0 Å². The molecular weight excluding hydrogens is 238 g/mol. The van der Waals surface area contributed by atoms with Crippen molar-refractivity contribution >= 4 is 11.9 Å². The summed E-state index contributed by atoms with van der Waals surface area (Å²) in [6.07, 6.45) is 3.40. The van der Waals surface area contributed by atoms with E-state index >= 15 is 0 Å². The highest BCUT2D eigenvalue weighted by Gasteiger charge is 2.44. The minimum atomic E-state index is -1.03. The van der Waals surface area contributed by atoms with Crippen molar-refractivity contribution in [3.63, 3.8) is 0 Å². The highest BCUT2D eigenvalue weighted by Crippen LogP contribution is 2.31. The molecule has 3 rings (SSSR count). The largest absolute Gasteiger partial charge is 0.478 e. The Kier molecular flexibility index (Phi) is 2.64. The van der Waals surface area contributed by atoms with Gasteiger partial charge in [0.1, 0.15) is 0 Å². The number of hydrogen-bond acceptors (Lipinski definition) is 6. The first-order valence-corrected chi connectivity index (χ1v) is 5.77. The highest BCUT2D eigenvalue weighted by molar-refractivity contribution is 5.86. The molecule has 2 fully saturated rings. The lowest BCUT2D eigenvalue weighted by Gasteiger charge is -2.22. The fraction of sp³-hybridized carbons (Fsp3) is 0.545. The first kappa shape index (κ1) is 11.4. The Morgan fingerprint density at radius 2 is 2.00 bits per heavy atom. The lowest BCUT2D eigenvalue weighted by Crippen LogP contribution is -2.34. The predicted molar refractivity (Wildman–Crippen MR) is 60.5 cm³/mol. The Bertz CT molecular complexity index is 456. The molecule has 0 amide bonds. The molecule has 0 aliphatic carbocycles. The predicted octanol–water partition coefficient (Wildman–Crippen LogP) is 0.128. The van der Waals surface area contributed by atoms with E-state index < -0.39 is 11.8 Å². The zero-order valence-corrected chi connectivity index (χ0v) is 9.70. The van der Waals surface area contributed by atoms with Crippen molar-refractivity contribution in [2.75, 3.05) is 31.2 Å². The summed E-state index contributed by atoms with van der Waals surface area (Å²) in [7, 11) is 0. The molecular formula is C11H13N3O4. The summed E-state index contributed by atoms with van der Waals surface area (Å²) in [5.41, 5.74) is 0.0843. The van der Waals surface area contributed by atoms with E-state index in [4.69, 9.17) is 14.6 Å². The van der Waals surface area contributed by atoms with Crippen LogP contribution in [0.25, 0.3) is 0 Å². The molecule has 1 aromatic rings. The number of rotatable bonds is 2. The van der Waals surface area contributed by atoms with E-state index in [1.807, 2.05) is 4.90 Å². The molecule has 2 aliphatic heterocycles. The van der Waals surface area contributed by atoms with Crippen molar-refractivity contribution in [3.05, 3.63) is 18.0 Å². The van der Waals surface area contributed by atoms with Gasteiger partial charge in [-0.3, -0.25) is 0 Å². The van der Waals surface area contributed by atoms with Crippen LogP contribution in [0.3, 0.4) is 0 Å². The Balaban J connectivity index is 1.74. The van der Waals surface area contributed by atoms with Gasteiger partial charge in [0, 0.05) is 25.4 Å². The number of aromatic nitrogens is 2. The van der Waals surface area contributed by atoms with Gasteiger partial charge in [-0.1, -0.05) is 0 Å². The Labute approximate surface area is 103 Å². The molecule has 3 heterocycles. The molecule has 7 heteroatoms. The lowest BCUT2D eigenvalue weighted by atomic mass is 10.2. The van der Waals surface area contributed by atoms with Crippen molar-refractivity contribution < 1.29 is 19.4 Å². The van der Waals surface area contributed by atoms with Gasteiger partial charge in [0.05, 0.1) is 25.3 Å². The molecule has 0 unspecified atom stereocenters. The minimum Gasteiger partial charge on any atom is -0.478 e. The van der Waals surface area contributed by atoms with E-state index in [1.54, 1.807) is 0 Å². The minimum absolute atomic E-state index is 0.0843. The molecule has 0 saturated carbocycles. The fourth-order valence-electron chi connectivity index (χ4n) is 2.25. The molecule has 0 aromatic carbocycles. The second kappa shape index (κ2) is 4.18. The quantitative estimate of drug-likeness (QED) is 0.799. The Morgan fingerprint density at radius 1 is 1.33 bits per heavy atom. The number of hydrogen-bond donors (Lipinski definition) is 1. The second-order valence-corrected chi connectivity index (χ2v) is 4.36. The molecule has 1 N–H and O–H groups in total. The van der Waals surface area contributed by atoms with Gasteiger partial charge >= 0.3 is 5.97 Å². The second-order valence-electron chi connectivity index (χ2n) is 4.36. The number of aromatic carboxylic acids is 1. The van der Waals surface area contributed by atoms with E-state index in [2.05, 4.69) is 9.97 Å². The molecule has 18 heavy (non-hydrogen) atoms. The monoisotopic (exact) mass is 251 g/mol. The Hall–Kier alpha value is -1.73. The van der Waals surface area contributed by atoms with Gasteiger partial charge in [0.25, 0.3) is 0 Å². The van der Waals surface area contributed by atoms with Crippen LogP contribution in [0.15, 0.2) is 12.4 Å². The molecule has 1 aromatic heterocycles. The van der Waals surface area contributed by atoms with Gasteiger partial charge in [-0.2, -0.15) is 0 Å². The zero-order valence-electron chi connectivity index (χ0n) is 9.70. The average Bonchev–Trinajstić information content (AvgIpc) is 3.01. The van der Waals surface area contributed by atoms with E-state index in [1.165, 1.54) is 12.4 Å². The number of carboxylic acid groups (broad SMARTS) is 1. The van der Waals surface area contributed by atoms with Crippen molar-refractivity contribution in [1.29, 1.82) is 0 Å². The number of ether oxygens (including phenoxy) is 2. The van der Waals surface area contributed by atoms with Crippen LogP contribution in [0.1, 0.15) is 16.8 Å². The van der Waals surface area contributed by atoms with Crippen molar-refractivity contribution in [1.82, 2.24) is 9.97 Å². The van der Waals surface area contributed by atoms with Crippen LogP contribution in [-0.4, -0.2) is 53.1 Å². The first-order valence-electron chi connectivity index (χ1n) is 5.77. The summed E-state index contributed by atoms with van der Waals surface area (Å²) >= 11 is 0. The Morgan fingerprint density at radius 3 is 2.61 bits per heavy atom. The van der Waals surface area contributed by atoms with Gasteiger partial charge in [0.2, 0.25) is 5.95 Å². The maximum Gasteiger partial charge on any atom is 0.338 e. The highest BCUT2D eigenvalue weighted by atomic mass is 16.7. The lowest BCUT2D eigenvalue weighted by molar-refractivity contribution is -0.138. The zero-order chi connectivity index (χ0) is 12.6. The molecule has 0 bridgehead atoms. The van der Waals surface area contributed by atoms with Gasteiger partial charge in [-0.15, -0.1) is 0 Å². The van der Waals surface area contributed by atoms with E-state index in [9.17, 15) is 4.79 Å². The fourth-order valence-corrected chi connectivity index (χ4v) is 2.25. The number of carboxylic acids is 1. The summed E-state index contributed by atoms with van der Waals surface area (Å²) in [5, 5.41) is 8.77. The normalized spacial score (nSPS) is 21.7. The van der Waals surface area contributed by atoms with Crippen molar-refractivity contribution in [2.45, 2.75) is 12.2 Å². The molecule has 1 spiro atoms. The molecule has 0 atom stereocenters. The standard InChI is InChI=1S/C11H13N3O4/c15-9(16)8-5-12-10(13-6-8)14-2-1-11(7-14)17-3-4-18-11/h5-6H,1-4,7H2,(H,15,16). The summed E-state index contributed by atoms with van der Waals surface area (Å²) < 4.78 is 11.2. The third kappa shape index (κ3) is 1.91. The van der Waals surface area contributed by atoms with Gasteiger partial charge in [-0.25, -0.2) is 14.8 Å². The molecule has 0 radical (unpaired) electrons. The average molecular weight is 251 g/mol. The van der Waals surface area contributed by atoms with E-state index in [-0.39, 0.29) is 5.56 Å². The molecule has 2 saturated heterocycles. The van der Waals surface area contributed by atoms with E-state index in [0.717, 1.165) is 13.0 Å². The van der Waals surface area contributed by atoms with E-state index in [0.29, 0.717) is 25.7 Å². The van der Waals surface area contributed by atoms with Crippen LogP contribution < -0.4 is 4.90 Å². The topological polar surface area (TPSA) is 84.8 Å². The third-order valence-electron chi connectivity index (χ3n) is 3.18. The summed E-state index contributed by atoms with van der Waals surface area (Å²) in [5.74, 6) is -1.03. The van der Waals surface area contributed by atoms with Gasteiger partial charge in [0.15, 0.2) is 5.79 Å². The van der Waals surface area contributed by atoms with Gasteiger partial charge in [-0.05, 0) is 0 Å². The van der Waals surface area contributed by atoms with Crippen LogP contribution in [0.4, 0.5) is 5.95 Å². The smallest absolute Gasteiger partial charge is 0.338 e. The number of carbonyl (C=O) groups is 1. The van der Waals surface area contributed by atoms with Crippen LogP contribution in [0.2, 0.25) is 0 Å². The first-order chi connectivity index (χ1) is 8.69. The number of anilines is 1. The van der Waals surface area contributed by atoms with Crippen LogP contribution in [0, 0.1) is 0 Å². The summed E-state index contributed by atoms with van der Waals surface area (Å²) in [6.45, 7) is 2.56. The maximum absolute atomic E-state index is 10.7. The molecule has 2 aliphatic rings. The van der Waals surface area contributed by atoms with Crippen LogP contribution in [-0.2, 0) is 9.47 Å². The maximum atomic E-state index is 10.7. The van der Waals surface area contributed by atoms with Crippen molar-refractivity contribution in [3.8, 4) is 0 Å². The van der Waals surface area contributed by atoms with Crippen LogP contribution >= 0.6 is 0 Å². The summed E-state index contributed by atoms with van der Waals surface area (Å²) in [4.78, 5) is 20.8. The molecule has 7 nitrogen and oxygen atoms in total.